The van der Waals surface area contributed by atoms with Crippen LogP contribution >= 0.6 is 11.8 Å². The summed E-state index contributed by atoms with van der Waals surface area (Å²) in [5, 5.41) is 7.59. The van der Waals surface area contributed by atoms with E-state index in [1.54, 1.807) is 18.1 Å². The van der Waals surface area contributed by atoms with Gasteiger partial charge in [-0.2, -0.15) is 0 Å². The lowest BCUT2D eigenvalue weighted by molar-refractivity contribution is 0.0994. The van der Waals surface area contributed by atoms with Crippen molar-refractivity contribution >= 4 is 17.7 Å². The van der Waals surface area contributed by atoms with Crippen LogP contribution < -0.4 is 16.4 Å². The third kappa shape index (κ3) is 5.87. The Bertz CT molecular complexity index is 1410. The number of hydrogen-bond acceptors (Lipinski definition) is 5. The van der Waals surface area contributed by atoms with Crippen LogP contribution in [0.4, 0.5) is 0 Å². The first-order valence-electron chi connectivity index (χ1n) is 13.2. The van der Waals surface area contributed by atoms with Gasteiger partial charge in [0.1, 0.15) is 11.2 Å². The Balaban J connectivity index is 1.51. The molecule has 4 aromatic carbocycles. The molecule has 7 heteroatoms. The zero-order chi connectivity index (χ0) is 27.8. The molecule has 202 valence electrons. The summed E-state index contributed by atoms with van der Waals surface area (Å²) in [6.07, 6.45) is 3.75. The minimum Gasteiger partial charge on any atom is -0.364 e. The fourth-order valence-electron chi connectivity index (χ4n) is 5.11. The topological polar surface area (TPSA) is 85.0 Å². The molecule has 0 radical (unpaired) electrons. The van der Waals surface area contributed by atoms with E-state index in [1.165, 1.54) is 0 Å². The number of nitrogens with one attached hydrogen (secondary N) is 2. The number of amides is 1. The molecule has 0 aliphatic heterocycles. The maximum atomic E-state index is 12.3. The summed E-state index contributed by atoms with van der Waals surface area (Å²) >= 11 is 1.66. The first-order valence-corrected chi connectivity index (χ1v) is 14.5. The summed E-state index contributed by atoms with van der Waals surface area (Å²) in [7, 11) is 0. The number of benzene rings is 4. The molecule has 1 atom stereocenters. The number of hydrogen-bond donors (Lipinski definition) is 3. The molecule has 5 aromatic rings. The van der Waals surface area contributed by atoms with Gasteiger partial charge in [0.25, 0.3) is 5.91 Å². The van der Waals surface area contributed by atoms with Crippen LogP contribution in [0.5, 0.6) is 0 Å². The molecule has 1 heterocycles. The fraction of sp³-hybridized carbons (Fsp3) is 0.152. The molecule has 0 fully saturated rings. The van der Waals surface area contributed by atoms with Crippen LogP contribution in [0.25, 0.3) is 0 Å². The SMILES string of the molecule is CSC(NCc1c(C(N)=O)ncn1Cc1ccccc1)NC(c1ccccc1)(c1ccccc1)c1ccccc1. The minimum absolute atomic E-state index is 0.193. The van der Waals surface area contributed by atoms with Gasteiger partial charge in [-0.1, -0.05) is 121 Å². The molecule has 1 unspecified atom stereocenters. The smallest absolute Gasteiger partial charge is 0.269 e. The molecule has 0 saturated carbocycles. The fourth-order valence-corrected chi connectivity index (χ4v) is 5.65. The van der Waals surface area contributed by atoms with Crippen molar-refractivity contribution in [3.63, 3.8) is 0 Å². The van der Waals surface area contributed by atoms with Gasteiger partial charge >= 0.3 is 0 Å². The largest absolute Gasteiger partial charge is 0.364 e. The van der Waals surface area contributed by atoms with Crippen LogP contribution in [-0.4, -0.2) is 27.2 Å². The van der Waals surface area contributed by atoms with Crippen molar-refractivity contribution in [2.75, 3.05) is 6.26 Å². The minimum atomic E-state index is -0.638. The Kier molecular flexibility index (Phi) is 8.76. The molecule has 6 nitrogen and oxygen atoms in total. The van der Waals surface area contributed by atoms with Crippen LogP contribution in [0, 0.1) is 0 Å². The Labute approximate surface area is 239 Å². The van der Waals surface area contributed by atoms with E-state index < -0.39 is 11.4 Å². The number of carbonyl (C=O) groups is 1. The van der Waals surface area contributed by atoms with E-state index in [0.29, 0.717) is 13.1 Å². The highest BCUT2D eigenvalue weighted by atomic mass is 32.2. The van der Waals surface area contributed by atoms with E-state index in [9.17, 15) is 4.79 Å². The molecule has 0 aliphatic rings. The number of rotatable bonds is 12. The lowest BCUT2D eigenvalue weighted by Gasteiger charge is -2.40. The number of primary amides is 1. The molecule has 1 aromatic heterocycles. The van der Waals surface area contributed by atoms with Gasteiger partial charge in [-0.05, 0) is 28.5 Å². The predicted octanol–water partition coefficient (Wildman–Crippen LogP) is 5.35. The number of nitrogens with two attached hydrogens (primary N) is 1. The third-order valence-corrected chi connectivity index (χ3v) is 7.79. The van der Waals surface area contributed by atoms with Gasteiger partial charge in [-0.3, -0.25) is 15.4 Å². The Morgan fingerprint density at radius 2 is 1.30 bits per heavy atom. The maximum Gasteiger partial charge on any atom is 0.269 e. The molecule has 0 saturated heterocycles. The van der Waals surface area contributed by atoms with E-state index in [0.717, 1.165) is 27.9 Å². The lowest BCUT2D eigenvalue weighted by atomic mass is 9.77. The Morgan fingerprint density at radius 3 is 1.75 bits per heavy atom. The first-order chi connectivity index (χ1) is 19.6. The maximum absolute atomic E-state index is 12.3. The van der Waals surface area contributed by atoms with Gasteiger partial charge in [0, 0.05) is 13.1 Å². The average molecular weight is 548 g/mol. The Morgan fingerprint density at radius 1 is 0.825 bits per heavy atom. The molecule has 4 N–H and O–H groups in total. The van der Waals surface area contributed by atoms with Gasteiger partial charge < -0.3 is 10.3 Å². The van der Waals surface area contributed by atoms with Gasteiger partial charge in [-0.25, -0.2) is 4.98 Å². The van der Waals surface area contributed by atoms with Crippen molar-refractivity contribution in [3.05, 3.63) is 161 Å². The van der Waals surface area contributed by atoms with Crippen molar-refractivity contribution < 1.29 is 4.79 Å². The Hall–Kier alpha value is -4.17. The summed E-state index contributed by atoms with van der Waals surface area (Å²) in [6, 6.07) is 41.6. The van der Waals surface area contributed by atoms with Crippen molar-refractivity contribution in [1.82, 2.24) is 20.2 Å². The lowest BCUT2D eigenvalue weighted by Crippen LogP contribution is -2.53. The van der Waals surface area contributed by atoms with Crippen LogP contribution in [0.1, 0.15) is 38.4 Å². The number of thioether (sulfide) groups is 1. The molecule has 40 heavy (non-hydrogen) atoms. The van der Waals surface area contributed by atoms with Gasteiger partial charge in [0.2, 0.25) is 0 Å². The second-order valence-corrected chi connectivity index (χ2v) is 10.4. The van der Waals surface area contributed by atoms with Crippen LogP contribution in [0.3, 0.4) is 0 Å². The normalized spacial score (nSPS) is 12.2. The highest BCUT2D eigenvalue weighted by Crippen LogP contribution is 2.37. The molecule has 0 bridgehead atoms. The second-order valence-electron chi connectivity index (χ2n) is 9.51. The van der Waals surface area contributed by atoms with E-state index in [2.05, 4.69) is 107 Å². The number of aromatic nitrogens is 2. The zero-order valence-corrected chi connectivity index (χ0v) is 23.2. The van der Waals surface area contributed by atoms with Gasteiger partial charge in [0.05, 0.1) is 17.6 Å². The standard InChI is InChI=1S/C33H33N5OS/c1-40-32(35-22-29-30(31(34)39)36-24-38(29)23-25-14-6-2-7-15-25)37-33(26-16-8-3-9-17-26,27-18-10-4-11-19-27)28-20-12-5-13-21-28/h2-21,24,32,35,37H,22-23H2,1H3,(H2,34,39). The highest BCUT2D eigenvalue weighted by Gasteiger charge is 2.38. The molecular weight excluding hydrogens is 514 g/mol. The van der Waals surface area contributed by atoms with Crippen LogP contribution in [-0.2, 0) is 18.6 Å². The second kappa shape index (κ2) is 12.8. The molecule has 0 aliphatic carbocycles. The summed E-state index contributed by atoms with van der Waals surface area (Å²) in [6.45, 7) is 0.996. The molecule has 0 spiro atoms. The first kappa shape index (κ1) is 27.4. The monoisotopic (exact) mass is 547 g/mol. The number of carbonyl (C=O) groups excluding carboxylic acids is 1. The average Bonchev–Trinajstić information content (AvgIpc) is 3.42. The zero-order valence-electron chi connectivity index (χ0n) is 22.4. The van der Waals surface area contributed by atoms with E-state index in [1.807, 2.05) is 41.0 Å². The summed E-state index contributed by atoms with van der Waals surface area (Å²) < 4.78 is 1.98. The van der Waals surface area contributed by atoms with E-state index in [4.69, 9.17) is 5.73 Å². The van der Waals surface area contributed by atoms with Crippen molar-refractivity contribution in [2.45, 2.75) is 24.1 Å². The van der Waals surface area contributed by atoms with Crippen LogP contribution in [0.2, 0.25) is 0 Å². The quantitative estimate of drug-likeness (QED) is 0.145. The van der Waals surface area contributed by atoms with Gasteiger partial charge in [0.15, 0.2) is 0 Å². The number of nitrogens with zero attached hydrogens (tertiary/aromatic N) is 2. The van der Waals surface area contributed by atoms with Crippen LogP contribution in [0.15, 0.2) is 128 Å². The van der Waals surface area contributed by atoms with Gasteiger partial charge in [-0.15, -0.1) is 11.8 Å². The molecular formula is C33H33N5OS. The number of imidazole rings is 1. The third-order valence-electron chi connectivity index (χ3n) is 7.03. The van der Waals surface area contributed by atoms with E-state index in [-0.39, 0.29) is 11.2 Å². The molecule has 5 rings (SSSR count). The van der Waals surface area contributed by atoms with Crippen molar-refractivity contribution in [3.8, 4) is 0 Å². The summed E-state index contributed by atoms with van der Waals surface area (Å²) in [4.78, 5) is 16.6. The molecule has 1 amide bonds. The van der Waals surface area contributed by atoms with Crippen molar-refractivity contribution in [2.24, 2.45) is 5.73 Å². The highest BCUT2D eigenvalue weighted by molar-refractivity contribution is 7.99. The summed E-state index contributed by atoms with van der Waals surface area (Å²) in [5.41, 5.74) is 10.4. The van der Waals surface area contributed by atoms with E-state index >= 15 is 0 Å². The van der Waals surface area contributed by atoms with Crippen molar-refractivity contribution in [1.29, 1.82) is 0 Å². The predicted molar refractivity (Wildman–Crippen MR) is 163 cm³/mol. The summed E-state index contributed by atoms with van der Waals surface area (Å²) in [5.74, 6) is -0.538.